The largest absolute Gasteiger partial charge is 0.309 e. The predicted octanol–water partition coefficient (Wildman–Crippen LogP) is 15.2. The quantitative estimate of drug-likeness (QED) is 0.160. The SMILES string of the molecule is C1=CCC=C(c2nc(-c3ccccc3)nc(-c3ccc(-n4c5c(c6ccccc64)C=CCC=C5c4ccc5c(c4)c4ccc6nc(C7=CC8CC8C=C7)sc6c4n5-c4ccccc4)cc3)n2)C=C1. The summed E-state index contributed by atoms with van der Waals surface area (Å²) in [6, 6.07) is 50.1. The van der Waals surface area contributed by atoms with Crippen molar-refractivity contribution in [3.63, 3.8) is 0 Å². The second kappa shape index (κ2) is 15.7. The Morgan fingerprint density at radius 2 is 1.25 bits per heavy atom. The monoisotopic (exact) mass is 890 g/mol. The van der Waals surface area contributed by atoms with Gasteiger partial charge in [0.1, 0.15) is 5.01 Å². The zero-order valence-corrected chi connectivity index (χ0v) is 37.8. The molecular formula is C61H42N6S. The Bertz CT molecular complexity index is 3930. The lowest BCUT2D eigenvalue weighted by Crippen LogP contribution is -2.04. The smallest absolute Gasteiger partial charge is 0.164 e. The van der Waals surface area contributed by atoms with Crippen molar-refractivity contribution in [2.75, 3.05) is 0 Å². The molecule has 0 bridgehead atoms. The van der Waals surface area contributed by atoms with Gasteiger partial charge in [0, 0.05) is 60.9 Å². The van der Waals surface area contributed by atoms with Gasteiger partial charge < -0.3 is 9.13 Å². The number of benzene rings is 6. The molecule has 4 aliphatic rings. The summed E-state index contributed by atoms with van der Waals surface area (Å²) in [5.41, 5.74) is 15.7. The second-order valence-corrected chi connectivity index (χ2v) is 19.0. The molecule has 0 aliphatic heterocycles. The van der Waals surface area contributed by atoms with Crippen LogP contribution in [0.2, 0.25) is 0 Å². The van der Waals surface area contributed by atoms with Crippen LogP contribution in [0.5, 0.6) is 0 Å². The Kier molecular flexibility index (Phi) is 8.99. The molecule has 2 atom stereocenters. The van der Waals surface area contributed by atoms with Crippen molar-refractivity contribution in [2.24, 2.45) is 11.8 Å². The fourth-order valence-corrected chi connectivity index (χ4v) is 11.6. The van der Waals surface area contributed by atoms with Gasteiger partial charge in [-0.3, -0.25) is 0 Å². The van der Waals surface area contributed by atoms with Crippen molar-refractivity contribution in [2.45, 2.75) is 19.3 Å². The molecule has 0 amide bonds. The lowest BCUT2D eigenvalue weighted by Gasteiger charge is -2.16. The van der Waals surface area contributed by atoms with Crippen LogP contribution in [0.3, 0.4) is 0 Å². The predicted molar refractivity (Wildman–Crippen MR) is 282 cm³/mol. The van der Waals surface area contributed by atoms with Crippen molar-refractivity contribution in [1.29, 1.82) is 0 Å². The number of rotatable bonds is 7. The minimum absolute atomic E-state index is 0.640. The lowest BCUT2D eigenvalue weighted by molar-refractivity contribution is 0.984. The van der Waals surface area contributed by atoms with Crippen molar-refractivity contribution in [3.05, 3.63) is 228 Å². The molecule has 0 spiro atoms. The number of fused-ring (bicyclic) bond motifs is 9. The van der Waals surface area contributed by atoms with Crippen LogP contribution in [-0.2, 0) is 0 Å². The highest BCUT2D eigenvalue weighted by molar-refractivity contribution is 7.20. The van der Waals surface area contributed by atoms with Crippen LogP contribution in [0.15, 0.2) is 200 Å². The van der Waals surface area contributed by atoms with E-state index in [0.29, 0.717) is 29.3 Å². The summed E-state index contributed by atoms with van der Waals surface area (Å²) in [6.07, 6.45) is 27.5. The first-order chi connectivity index (χ1) is 33.7. The van der Waals surface area contributed by atoms with E-state index in [0.717, 1.165) is 57.0 Å². The first-order valence-electron chi connectivity index (χ1n) is 23.5. The second-order valence-electron chi connectivity index (χ2n) is 18.0. The molecule has 4 heterocycles. The van der Waals surface area contributed by atoms with Gasteiger partial charge >= 0.3 is 0 Å². The Balaban J connectivity index is 0.915. The number of allylic oxidation sites excluding steroid dienone is 12. The summed E-state index contributed by atoms with van der Waals surface area (Å²) in [5, 5.41) is 4.77. The van der Waals surface area contributed by atoms with Crippen molar-refractivity contribution in [1.82, 2.24) is 29.1 Å². The van der Waals surface area contributed by atoms with E-state index in [1.54, 1.807) is 0 Å². The Morgan fingerprint density at radius 1 is 0.515 bits per heavy atom. The molecule has 1 fully saturated rings. The maximum absolute atomic E-state index is 5.25. The molecule has 7 heteroatoms. The van der Waals surface area contributed by atoms with Crippen LogP contribution in [0.25, 0.3) is 99.9 Å². The third-order valence-corrected chi connectivity index (χ3v) is 15.0. The van der Waals surface area contributed by atoms with Crippen LogP contribution in [0.1, 0.15) is 46.9 Å². The zero-order valence-electron chi connectivity index (χ0n) is 37.0. The van der Waals surface area contributed by atoms with E-state index in [2.05, 4.69) is 191 Å². The normalized spacial score (nSPS) is 17.3. The van der Waals surface area contributed by atoms with E-state index in [1.807, 2.05) is 35.6 Å². The van der Waals surface area contributed by atoms with Gasteiger partial charge in [0.05, 0.1) is 32.5 Å². The van der Waals surface area contributed by atoms with E-state index >= 15 is 0 Å². The molecule has 14 rings (SSSR count). The highest BCUT2D eigenvalue weighted by Crippen LogP contribution is 2.48. The van der Waals surface area contributed by atoms with Gasteiger partial charge in [0.15, 0.2) is 17.5 Å². The Labute approximate surface area is 397 Å². The minimum Gasteiger partial charge on any atom is -0.309 e. The van der Waals surface area contributed by atoms with Gasteiger partial charge in [-0.2, -0.15) is 0 Å². The fraction of sp³-hybridized carbons (Fsp3) is 0.0820. The highest BCUT2D eigenvalue weighted by Gasteiger charge is 2.35. The number of para-hydroxylation sites is 2. The van der Waals surface area contributed by atoms with Gasteiger partial charge in [0.2, 0.25) is 0 Å². The standard InChI is InChI=1S/C61H42N6S/c1-2-6-16-38(15-5-1)58-63-59(39-17-7-3-8-18-39)65-60(64-58)40-27-30-46(31-28-40)66-53-24-14-13-22-48(53)49-23-12-11-21-47(55(49)66)42-29-34-54-51(37-42)50-32-33-52-57(56(50)67(54)45-19-9-4-10-20-45)68-61(62-52)43-26-25-41-35-44(41)36-43/h1-5,7-10,12-34,36-37,41,44H,6,11,35H2. The number of nitrogens with zero attached hydrogens (tertiary/aromatic N) is 6. The first kappa shape index (κ1) is 39.0. The summed E-state index contributed by atoms with van der Waals surface area (Å²) < 4.78 is 6.11. The van der Waals surface area contributed by atoms with Crippen LogP contribution >= 0.6 is 11.3 Å². The molecule has 2 unspecified atom stereocenters. The van der Waals surface area contributed by atoms with Crippen molar-refractivity contribution < 1.29 is 0 Å². The van der Waals surface area contributed by atoms with Crippen LogP contribution < -0.4 is 0 Å². The van der Waals surface area contributed by atoms with E-state index < -0.39 is 0 Å². The van der Waals surface area contributed by atoms with Gasteiger partial charge in [-0.05, 0) is 103 Å². The van der Waals surface area contributed by atoms with Crippen LogP contribution in [-0.4, -0.2) is 29.1 Å². The molecule has 1 saturated carbocycles. The summed E-state index contributed by atoms with van der Waals surface area (Å²) >= 11 is 1.82. The lowest BCUT2D eigenvalue weighted by atomic mass is 9.97. The number of aromatic nitrogens is 6. The Hall–Kier alpha value is -8.26. The number of hydrogen-bond acceptors (Lipinski definition) is 5. The van der Waals surface area contributed by atoms with E-state index in [9.17, 15) is 0 Å². The molecule has 0 saturated heterocycles. The maximum Gasteiger partial charge on any atom is 0.164 e. The fourth-order valence-electron chi connectivity index (χ4n) is 10.5. The van der Waals surface area contributed by atoms with Crippen LogP contribution in [0, 0.1) is 11.8 Å². The molecule has 10 aromatic rings. The molecule has 0 N–H and O–H groups in total. The van der Waals surface area contributed by atoms with Gasteiger partial charge in [-0.1, -0.05) is 140 Å². The minimum atomic E-state index is 0.640. The third-order valence-electron chi connectivity index (χ3n) is 13.9. The Morgan fingerprint density at radius 3 is 2.10 bits per heavy atom. The topological polar surface area (TPSA) is 61.4 Å². The number of hydrogen-bond donors (Lipinski definition) is 0. The van der Waals surface area contributed by atoms with E-state index in [1.165, 1.54) is 66.3 Å². The molecule has 6 aromatic carbocycles. The molecular weight excluding hydrogens is 849 g/mol. The van der Waals surface area contributed by atoms with Crippen LogP contribution in [0.4, 0.5) is 0 Å². The van der Waals surface area contributed by atoms with E-state index in [4.69, 9.17) is 19.9 Å². The molecule has 0 radical (unpaired) electrons. The summed E-state index contributed by atoms with van der Waals surface area (Å²) in [6.45, 7) is 0. The maximum atomic E-state index is 5.25. The average molecular weight is 891 g/mol. The number of thiazole rings is 1. The third kappa shape index (κ3) is 6.45. The molecule has 4 aromatic heterocycles. The molecule has 6 nitrogen and oxygen atoms in total. The molecule has 4 aliphatic carbocycles. The molecule has 322 valence electrons. The van der Waals surface area contributed by atoms with Crippen molar-refractivity contribution >= 4 is 77.1 Å². The zero-order chi connectivity index (χ0) is 44.7. The summed E-state index contributed by atoms with van der Waals surface area (Å²) in [4.78, 5) is 20.4. The van der Waals surface area contributed by atoms with Gasteiger partial charge in [-0.25, -0.2) is 19.9 Å². The highest BCUT2D eigenvalue weighted by atomic mass is 32.1. The first-order valence-corrected chi connectivity index (χ1v) is 24.3. The van der Waals surface area contributed by atoms with Gasteiger partial charge in [0.25, 0.3) is 0 Å². The summed E-state index contributed by atoms with van der Waals surface area (Å²) in [5.74, 6) is 3.34. The van der Waals surface area contributed by atoms with E-state index in [-0.39, 0.29) is 0 Å². The summed E-state index contributed by atoms with van der Waals surface area (Å²) in [7, 11) is 0. The van der Waals surface area contributed by atoms with Gasteiger partial charge in [-0.15, -0.1) is 11.3 Å². The molecule has 68 heavy (non-hydrogen) atoms. The van der Waals surface area contributed by atoms with Crippen molar-refractivity contribution in [3.8, 4) is 34.2 Å². The average Bonchev–Trinajstić information content (AvgIpc) is 3.99.